The minimum atomic E-state index is 0.545. The lowest BCUT2D eigenvalue weighted by Gasteiger charge is -2.26. The maximum Gasteiger partial charge on any atom is 0.0573 e. The fourth-order valence-corrected chi connectivity index (χ4v) is 1.45. The van der Waals surface area contributed by atoms with Crippen LogP contribution in [0.15, 0.2) is 18.5 Å². The smallest absolute Gasteiger partial charge is 0.0573 e. The van der Waals surface area contributed by atoms with Gasteiger partial charge in [0, 0.05) is 19.6 Å². The average Bonchev–Trinajstić information content (AvgIpc) is 2.28. The summed E-state index contributed by atoms with van der Waals surface area (Å²) in [5.41, 5.74) is 2.26. The first-order chi connectivity index (χ1) is 7.19. The summed E-state index contributed by atoms with van der Waals surface area (Å²) >= 11 is 0. The van der Waals surface area contributed by atoms with E-state index in [9.17, 15) is 0 Å². The van der Waals surface area contributed by atoms with Crippen LogP contribution >= 0.6 is 0 Å². The summed E-state index contributed by atoms with van der Waals surface area (Å²) in [6.45, 7) is 7.44. The number of pyridine rings is 1. The number of nitrogens with zero attached hydrogens (tertiary/aromatic N) is 2. The molecule has 1 N–H and O–H groups in total. The SMILES string of the molecule is CCNc1cncc(N(C)C(C)CC)c1. The van der Waals surface area contributed by atoms with Crippen LogP contribution in [0.5, 0.6) is 0 Å². The third-order valence-electron chi connectivity index (χ3n) is 2.76. The van der Waals surface area contributed by atoms with Gasteiger partial charge in [0.1, 0.15) is 0 Å². The summed E-state index contributed by atoms with van der Waals surface area (Å²) in [4.78, 5) is 6.49. The molecule has 0 bridgehead atoms. The molecule has 15 heavy (non-hydrogen) atoms. The maximum absolute atomic E-state index is 4.24. The van der Waals surface area contributed by atoms with Gasteiger partial charge >= 0.3 is 0 Å². The van der Waals surface area contributed by atoms with Crippen LogP contribution < -0.4 is 10.2 Å². The average molecular weight is 207 g/mol. The Morgan fingerprint density at radius 3 is 2.73 bits per heavy atom. The molecule has 0 spiro atoms. The van der Waals surface area contributed by atoms with E-state index in [1.165, 1.54) is 5.69 Å². The van der Waals surface area contributed by atoms with Crippen LogP contribution in [0.1, 0.15) is 27.2 Å². The number of hydrogen-bond acceptors (Lipinski definition) is 3. The van der Waals surface area contributed by atoms with Gasteiger partial charge in [0.25, 0.3) is 0 Å². The summed E-state index contributed by atoms with van der Waals surface area (Å²) in [6.07, 6.45) is 4.91. The standard InChI is InChI=1S/C12H21N3/c1-5-10(3)15(4)12-7-11(14-6-2)8-13-9-12/h7-10,14H,5-6H2,1-4H3. The van der Waals surface area contributed by atoms with E-state index in [2.05, 4.69) is 49.1 Å². The van der Waals surface area contributed by atoms with Crippen molar-refractivity contribution in [2.45, 2.75) is 33.2 Å². The summed E-state index contributed by atoms with van der Waals surface area (Å²) in [7, 11) is 2.11. The quantitative estimate of drug-likeness (QED) is 0.804. The lowest BCUT2D eigenvalue weighted by molar-refractivity contribution is 0.663. The van der Waals surface area contributed by atoms with Crippen LogP contribution in [-0.2, 0) is 0 Å². The number of nitrogens with one attached hydrogen (secondary N) is 1. The molecule has 1 aromatic heterocycles. The third-order valence-corrected chi connectivity index (χ3v) is 2.76. The normalized spacial score (nSPS) is 12.3. The molecular weight excluding hydrogens is 186 g/mol. The van der Waals surface area contributed by atoms with Gasteiger partial charge in [-0.1, -0.05) is 6.92 Å². The first-order valence-electron chi connectivity index (χ1n) is 5.60. The van der Waals surface area contributed by atoms with E-state index in [0.29, 0.717) is 6.04 Å². The maximum atomic E-state index is 4.24. The van der Waals surface area contributed by atoms with Crippen molar-refractivity contribution in [2.75, 3.05) is 23.8 Å². The van der Waals surface area contributed by atoms with Gasteiger partial charge in [0.2, 0.25) is 0 Å². The molecule has 1 aromatic rings. The fourth-order valence-electron chi connectivity index (χ4n) is 1.45. The highest BCUT2D eigenvalue weighted by molar-refractivity contribution is 5.55. The molecule has 1 rings (SSSR count). The first kappa shape index (κ1) is 11.8. The van der Waals surface area contributed by atoms with Gasteiger partial charge < -0.3 is 10.2 Å². The van der Waals surface area contributed by atoms with E-state index in [0.717, 1.165) is 18.7 Å². The molecule has 3 nitrogen and oxygen atoms in total. The molecule has 84 valence electrons. The Kier molecular flexibility index (Phi) is 4.40. The van der Waals surface area contributed by atoms with Crippen LogP contribution in [0.25, 0.3) is 0 Å². The summed E-state index contributed by atoms with van der Waals surface area (Å²) in [6, 6.07) is 2.69. The Labute approximate surface area is 92.5 Å². The topological polar surface area (TPSA) is 28.2 Å². The second-order valence-corrected chi connectivity index (χ2v) is 3.83. The molecule has 0 saturated carbocycles. The minimum Gasteiger partial charge on any atom is -0.384 e. The van der Waals surface area contributed by atoms with E-state index in [1.807, 2.05) is 12.4 Å². The van der Waals surface area contributed by atoms with Gasteiger partial charge in [-0.2, -0.15) is 0 Å². The number of hydrogen-bond donors (Lipinski definition) is 1. The molecule has 0 saturated heterocycles. The number of anilines is 2. The van der Waals surface area contributed by atoms with Crippen molar-refractivity contribution in [3.63, 3.8) is 0 Å². The molecule has 0 aliphatic rings. The van der Waals surface area contributed by atoms with Crippen LogP contribution in [0.3, 0.4) is 0 Å². The second kappa shape index (κ2) is 5.59. The predicted octanol–water partition coefficient (Wildman–Crippen LogP) is 2.75. The highest BCUT2D eigenvalue weighted by Crippen LogP contribution is 2.19. The molecule has 0 amide bonds. The molecule has 1 unspecified atom stereocenters. The molecule has 3 heteroatoms. The van der Waals surface area contributed by atoms with Gasteiger partial charge in [-0.3, -0.25) is 4.98 Å². The van der Waals surface area contributed by atoms with Crippen LogP contribution in [0, 0.1) is 0 Å². The summed E-state index contributed by atoms with van der Waals surface area (Å²) < 4.78 is 0. The number of rotatable bonds is 5. The van der Waals surface area contributed by atoms with E-state index >= 15 is 0 Å². The molecule has 0 aliphatic carbocycles. The fraction of sp³-hybridized carbons (Fsp3) is 0.583. The zero-order valence-corrected chi connectivity index (χ0v) is 10.1. The Hall–Kier alpha value is -1.25. The largest absolute Gasteiger partial charge is 0.384 e. The Morgan fingerprint density at radius 2 is 2.13 bits per heavy atom. The Bertz CT molecular complexity index is 299. The van der Waals surface area contributed by atoms with E-state index in [4.69, 9.17) is 0 Å². The monoisotopic (exact) mass is 207 g/mol. The highest BCUT2D eigenvalue weighted by Gasteiger charge is 2.08. The summed E-state index contributed by atoms with van der Waals surface area (Å²) in [5.74, 6) is 0. The molecule has 0 fully saturated rings. The van der Waals surface area contributed by atoms with E-state index in [1.54, 1.807) is 0 Å². The van der Waals surface area contributed by atoms with Crippen molar-refractivity contribution in [2.24, 2.45) is 0 Å². The lowest BCUT2D eigenvalue weighted by atomic mass is 10.2. The lowest BCUT2D eigenvalue weighted by Crippen LogP contribution is -2.28. The first-order valence-corrected chi connectivity index (χ1v) is 5.60. The molecule has 0 aromatic carbocycles. The van der Waals surface area contributed by atoms with Crippen molar-refractivity contribution in [3.05, 3.63) is 18.5 Å². The van der Waals surface area contributed by atoms with Gasteiger partial charge in [0.15, 0.2) is 0 Å². The van der Waals surface area contributed by atoms with Crippen LogP contribution in [0.4, 0.5) is 11.4 Å². The molecule has 1 atom stereocenters. The van der Waals surface area contributed by atoms with Crippen LogP contribution in [-0.4, -0.2) is 24.6 Å². The van der Waals surface area contributed by atoms with Crippen molar-refractivity contribution in [3.8, 4) is 0 Å². The Balaban J connectivity index is 2.80. The number of aromatic nitrogens is 1. The minimum absolute atomic E-state index is 0.545. The molecule has 0 radical (unpaired) electrons. The second-order valence-electron chi connectivity index (χ2n) is 3.83. The zero-order chi connectivity index (χ0) is 11.3. The van der Waals surface area contributed by atoms with Gasteiger partial charge in [-0.25, -0.2) is 0 Å². The van der Waals surface area contributed by atoms with Crippen LogP contribution in [0.2, 0.25) is 0 Å². The van der Waals surface area contributed by atoms with E-state index in [-0.39, 0.29) is 0 Å². The van der Waals surface area contributed by atoms with Crippen molar-refractivity contribution in [1.82, 2.24) is 4.98 Å². The van der Waals surface area contributed by atoms with Gasteiger partial charge in [-0.15, -0.1) is 0 Å². The molecule has 1 heterocycles. The van der Waals surface area contributed by atoms with Gasteiger partial charge in [-0.05, 0) is 26.3 Å². The zero-order valence-electron chi connectivity index (χ0n) is 10.1. The predicted molar refractivity (Wildman–Crippen MR) is 66.6 cm³/mol. The van der Waals surface area contributed by atoms with E-state index < -0.39 is 0 Å². The Morgan fingerprint density at radius 1 is 1.40 bits per heavy atom. The third kappa shape index (κ3) is 3.11. The van der Waals surface area contributed by atoms with Gasteiger partial charge in [0.05, 0.1) is 23.8 Å². The highest BCUT2D eigenvalue weighted by atomic mass is 15.1. The molecule has 0 aliphatic heterocycles. The van der Waals surface area contributed by atoms with Crippen molar-refractivity contribution in [1.29, 1.82) is 0 Å². The molecular formula is C12H21N3. The summed E-state index contributed by atoms with van der Waals surface area (Å²) in [5, 5.41) is 3.27. The van der Waals surface area contributed by atoms with Crippen molar-refractivity contribution < 1.29 is 0 Å². The van der Waals surface area contributed by atoms with Crippen molar-refractivity contribution >= 4 is 11.4 Å².